The van der Waals surface area contributed by atoms with E-state index in [1.54, 1.807) is 4.68 Å². The van der Waals surface area contributed by atoms with Gasteiger partial charge in [0.2, 0.25) is 10.0 Å². The van der Waals surface area contributed by atoms with E-state index in [2.05, 4.69) is 21.0 Å². The Labute approximate surface area is 177 Å². The molecule has 0 atom stereocenters. The third-order valence-electron chi connectivity index (χ3n) is 4.63. The molecule has 0 bridgehead atoms. The Hall–Kier alpha value is -2.56. The van der Waals surface area contributed by atoms with Gasteiger partial charge in [-0.3, -0.25) is 10.1 Å². The molecule has 0 amide bonds. The third-order valence-corrected chi connectivity index (χ3v) is 6.97. The molecule has 0 aliphatic carbocycles. The number of benzene rings is 2. The first-order chi connectivity index (χ1) is 13.6. The largest absolute Gasteiger partial charge is 0.290 e. The van der Waals surface area contributed by atoms with Gasteiger partial charge >= 0.3 is 0 Å². The number of aryl methyl sites for hydroxylation is 1. The summed E-state index contributed by atoms with van der Waals surface area (Å²) in [4.78, 5) is 10.3. The Bertz CT molecular complexity index is 1180. The van der Waals surface area contributed by atoms with Crippen LogP contribution in [0.25, 0.3) is 5.69 Å². The lowest BCUT2D eigenvalue weighted by Gasteiger charge is -2.17. The molecule has 0 aliphatic heterocycles. The van der Waals surface area contributed by atoms with Gasteiger partial charge in [-0.15, -0.1) is 0 Å². The summed E-state index contributed by atoms with van der Waals surface area (Å²) < 4.78 is 29.4. The summed E-state index contributed by atoms with van der Waals surface area (Å²) in [5.41, 5.74) is 2.65. The van der Waals surface area contributed by atoms with Gasteiger partial charge in [-0.05, 0) is 38.1 Å². The van der Waals surface area contributed by atoms with Crippen LogP contribution in [0.4, 0.5) is 5.69 Å². The fraction of sp³-hybridized carbons (Fsp3) is 0.211. The van der Waals surface area contributed by atoms with Gasteiger partial charge in [-0.2, -0.15) is 9.40 Å². The van der Waals surface area contributed by atoms with Gasteiger partial charge in [-0.25, -0.2) is 13.1 Å². The van der Waals surface area contributed by atoms with Gasteiger partial charge < -0.3 is 0 Å². The molecule has 0 radical (unpaired) electrons. The number of para-hydroxylation sites is 1. The number of nitro benzene ring substituents is 1. The van der Waals surface area contributed by atoms with Crippen LogP contribution in [0.2, 0.25) is 0 Å². The lowest BCUT2D eigenvalue weighted by atomic mass is 10.2. The normalized spacial score (nSPS) is 11.8. The topological polar surface area (TPSA) is 98.3 Å². The molecule has 1 heterocycles. The highest BCUT2D eigenvalue weighted by Crippen LogP contribution is 2.30. The van der Waals surface area contributed by atoms with Crippen molar-refractivity contribution in [3.8, 4) is 5.69 Å². The molecule has 0 fully saturated rings. The minimum absolute atomic E-state index is 0.0417. The third kappa shape index (κ3) is 4.09. The molecule has 0 N–H and O–H groups in total. The highest BCUT2D eigenvalue weighted by atomic mass is 79.9. The molecule has 10 heteroatoms. The number of hydrogen-bond donors (Lipinski definition) is 0. The van der Waals surface area contributed by atoms with Crippen LogP contribution in [0, 0.1) is 24.0 Å². The number of halogens is 1. The van der Waals surface area contributed by atoms with Gasteiger partial charge in [0.1, 0.15) is 0 Å². The molecular weight excluding hydrogens is 460 g/mol. The smallest absolute Gasteiger partial charge is 0.258 e. The number of nitrogens with zero attached hydrogens (tertiary/aromatic N) is 4. The van der Waals surface area contributed by atoms with Crippen molar-refractivity contribution in [3.05, 3.63) is 80.1 Å². The Morgan fingerprint density at radius 3 is 2.45 bits per heavy atom. The maximum Gasteiger partial charge on any atom is 0.290 e. The number of hydrogen-bond acceptors (Lipinski definition) is 5. The molecule has 8 nitrogen and oxygen atoms in total. The van der Waals surface area contributed by atoms with E-state index in [1.807, 2.05) is 44.2 Å². The van der Waals surface area contributed by atoms with Gasteiger partial charge in [0.25, 0.3) is 5.69 Å². The van der Waals surface area contributed by atoms with Crippen molar-refractivity contribution < 1.29 is 13.3 Å². The van der Waals surface area contributed by atoms with Gasteiger partial charge in [-0.1, -0.05) is 34.1 Å². The van der Waals surface area contributed by atoms with Crippen LogP contribution in [0.15, 0.2) is 57.9 Å². The maximum atomic E-state index is 13.1. The minimum atomic E-state index is -4.08. The predicted molar refractivity (Wildman–Crippen MR) is 112 cm³/mol. The number of aromatic nitrogens is 2. The Kier molecular flexibility index (Phi) is 5.87. The van der Waals surface area contributed by atoms with Crippen LogP contribution in [0.1, 0.15) is 17.0 Å². The number of sulfonamides is 1. The summed E-state index contributed by atoms with van der Waals surface area (Å²) >= 11 is 3.14. The number of nitro groups is 1. The van der Waals surface area contributed by atoms with Crippen LogP contribution in [0.5, 0.6) is 0 Å². The highest BCUT2D eigenvalue weighted by Gasteiger charge is 2.31. The molecular formula is C19H19BrN4O4S. The predicted octanol–water partition coefficient (Wildman–Crippen LogP) is 3.98. The quantitative estimate of drug-likeness (QED) is 0.394. The van der Waals surface area contributed by atoms with Crippen molar-refractivity contribution in [1.29, 1.82) is 0 Å². The lowest BCUT2D eigenvalue weighted by molar-refractivity contribution is -0.387. The first-order valence-corrected chi connectivity index (χ1v) is 10.9. The summed E-state index contributed by atoms with van der Waals surface area (Å²) in [5, 5.41) is 15.9. The highest BCUT2D eigenvalue weighted by molar-refractivity contribution is 9.10. The first-order valence-electron chi connectivity index (χ1n) is 8.63. The van der Waals surface area contributed by atoms with E-state index in [0.29, 0.717) is 10.2 Å². The van der Waals surface area contributed by atoms with Crippen LogP contribution >= 0.6 is 15.9 Å². The molecule has 0 aliphatic rings. The molecule has 2 aromatic carbocycles. The van der Waals surface area contributed by atoms with E-state index >= 15 is 0 Å². The molecule has 1 aromatic heterocycles. The van der Waals surface area contributed by atoms with E-state index in [9.17, 15) is 18.5 Å². The summed E-state index contributed by atoms with van der Waals surface area (Å²) in [6.07, 6.45) is 0. The molecule has 3 rings (SSSR count). The van der Waals surface area contributed by atoms with E-state index in [-0.39, 0.29) is 11.4 Å². The zero-order valence-electron chi connectivity index (χ0n) is 16.0. The van der Waals surface area contributed by atoms with E-state index < -0.39 is 20.6 Å². The van der Waals surface area contributed by atoms with Crippen molar-refractivity contribution >= 4 is 31.6 Å². The first kappa shape index (κ1) is 21.2. The van der Waals surface area contributed by atoms with Crippen molar-refractivity contribution in [2.45, 2.75) is 25.3 Å². The monoisotopic (exact) mass is 478 g/mol. The summed E-state index contributed by atoms with van der Waals surface area (Å²) in [5.74, 6) is 0. The summed E-state index contributed by atoms with van der Waals surface area (Å²) in [7, 11) is -2.68. The molecule has 152 valence electrons. The van der Waals surface area contributed by atoms with Crippen LogP contribution in [-0.4, -0.2) is 34.5 Å². The Balaban J connectivity index is 1.98. The fourth-order valence-corrected chi connectivity index (χ4v) is 4.67. The van der Waals surface area contributed by atoms with Gasteiger partial charge in [0, 0.05) is 35.4 Å². The van der Waals surface area contributed by atoms with Crippen LogP contribution in [0.3, 0.4) is 0 Å². The van der Waals surface area contributed by atoms with Crippen LogP contribution in [-0.2, 0) is 16.6 Å². The van der Waals surface area contributed by atoms with Crippen molar-refractivity contribution in [3.63, 3.8) is 0 Å². The van der Waals surface area contributed by atoms with Crippen LogP contribution < -0.4 is 0 Å². The van der Waals surface area contributed by atoms with Gasteiger partial charge in [0.05, 0.1) is 16.3 Å². The van der Waals surface area contributed by atoms with Crippen molar-refractivity contribution in [2.75, 3.05) is 7.05 Å². The zero-order valence-corrected chi connectivity index (χ0v) is 18.4. The Morgan fingerprint density at radius 1 is 1.17 bits per heavy atom. The maximum absolute atomic E-state index is 13.1. The van der Waals surface area contributed by atoms with Gasteiger partial charge in [0.15, 0.2) is 4.90 Å². The number of rotatable bonds is 6. The molecule has 3 aromatic rings. The average molecular weight is 479 g/mol. The second kappa shape index (κ2) is 8.05. The lowest BCUT2D eigenvalue weighted by Crippen LogP contribution is -2.27. The van der Waals surface area contributed by atoms with Crippen molar-refractivity contribution in [2.24, 2.45) is 0 Å². The van der Waals surface area contributed by atoms with Crippen molar-refractivity contribution in [1.82, 2.24) is 14.1 Å². The summed E-state index contributed by atoms with van der Waals surface area (Å²) in [6, 6.07) is 13.4. The molecule has 0 saturated heterocycles. The Morgan fingerprint density at radius 2 is 1.83 bits per heavy atom. The molecule has 0 unspecified atom stereocenters. The van der Waals surface area contributed by atoms with E-state index in [0.717, 1.165) is 21.2 Å². The fourth-order valence-electron chi connectivity index (χ4n) is 3.05. The second-order valence-corrected chi connectivity index (χ2v) is 9.46. The van der Waals surface area contributed by atoms with E-state index in [4.69, 9.17) is 0 Å². The minimum Gasteiger partial charge on any atom is -0.258 e. The molecule has 0 spiro atoms. The SMILES string of the molecule is Cc1nn(-c2ccccc2)c(C)c1CN(C)S(=O)(=O)c1ccc(Br)cc1[N+](=O)[O-]. The zero-order chi connectivity index (χ0) is 21.3. The molecule has 29 heavy (non-hydrogen) atoms. The average Bonchev–Trinajstić information content (AvgIpc) is 2.96. The van der Waals surface area contributed by atoms with E-state index in [1.165, 1.54) is 25.2 Å². The second-order valence-electron chi connectivity index (χ2n) is 6.53. The summed E-state index contributed by atoms with van der Waals surface area (Å²) in [6.45, 7) is 3.72. The molecule has 0 saturated carbocycles. The standard InChI is InChI=1S/C19H19BrN4O4S/c1-13-17(14(2)23(21-13)16-7-5-4-6-8-16)12-22(3)29(27,28)19-10-9-15(20)11-18(19)24(25)26/h4-11H,12H2,1-3H3.